The highest BCUT2D eigenvalue weighted by Gasteiger charge is 2.14. The van der Waals surface area contributed by atoms with Gasteiger partial charge in [-0.05, 0) is 37.2 Å². The normalized spacial score (nSPS) is 14.9. The third-order valence-electron chi connectivity index (χ3n) is 3.62. The van der Waals surface area contributed by atoms with Crippen LogP contribution < -0.4 is 5.32 Å². The molecule has 0 spiro atoms. The molecule has 7 heteroatoms. The zero-order valence-corrected chi connectivity index (χ0v) is 12.7. The summed E-state index contributed by atoms with van der Waals surface area (Å²) >= 11 is 4.99. The van der Waals surface area contributed by atoms with Crippen molar-refractivity contribution in [3.8, 4) is 0 Å². The number of halogens is 1. The molecule has 116 valence electrons. The van der Waals surface area contributed by atoms with Gasteiger partial charge in [0.15, 0.2) is 4.77 Å². The first-order chi connectivity index (χ1) is 10.6. The van der Waals surface area contributed by atoms with Gasteiger partial charge in [0.2, 0.25) is 0 Å². The number of rotatable bonds is 4. The highest BCUT2D eigenvalue weighted by molar-refractivity contribution is 7.71. The number of aromatic nitrogens is 2. The molecule has 22 heavy (non-hydrogen) atoms. The van der Waals surface area contributed by atoms with Gasteiger partial charge in [0.25, 0.3) is 5.91 Å². The first-order valence-corrected chi connectivity index (χ1v) is 7.50. The number of H-pyrrole nitrogens is 2. The van der Waals surface area contributed by atoms with Crippen LogP contribution in [-0.2, 0) is 4.74 Å². The number of aromatic amines is 2. The molecule has 3 N–H and O–H groups in total. The third kappa shape index (κ3) is 3.26. The average Bonchev–Trinajstić information content (AvgIpc) is 2.87. The van der Waals surface area contributed by atoms with E-state index in [1.807, 2.05) is 6.08 Å². The van der Waals surface area contributed by atoms with Gasteiger partial charge in [-0.25, -0.2) is 4.39 Å². The van der Waals surface area contributed by atoms with Crippen molar-refractivity contribution in [3.05, 3.63) is 39.9 Å². The van der Waals surface area contributed by atoms with E-state index >= 15 is 0 Å². The van der Waals surface area contributed by atoms with Crippen LogP contribution in [0.5, 0.6) is 0 Å². The van der Waals surface area contributed by atoms with E-state index in [1.165, 1.54) is 17.7 Å². The molecule has 0 saturated heterocycles. The highest BCUT2D eigenvalue weighted by Crippen LogP contribution is 2.18. The van der Waals surface area contributed by atoms with E-state index < -0.39 is 5.82 Å². The molecule has 1 amide bonds. The molecule has 1 aromatic carbocycles. The molecule has 0 saturated carbocycles. The van der Waals surface area contributed by atoms with Gasteiger partial charge >= 0.3 is 0 Å². The van der Waals surface area contributed by atoms with Gasteiger partial charge in [-0.15, -0.1) is 0 Å². The van der Waals surface area contributed by atoms with Gasteiger partial charge in [0.1, 0.15) is 5.82 Å². The predicted molar refractivity (Wildman–Crippen MR) is 83.9 cm³/mol. The van der Waals surface area contributed by atoms with Crippen molar-refractivity contribution in [2.45, 2.75) is 12.8 Å². The quantitative estimate of drug-likeness (QED) is 0.599. The molecule has 0 aliphatic carbocycles. The fourth-order valence-electron chi connectivity index (χ4n) is 2.51. The minimum Gasteiger partial charge on any atom is -0.377 e. The minimum atomic E-state index is -0.477. The summed E-state index contributed by atoms with van der Waals surface area (Å²) in [5, 5.41) is 2.82. The lowest BCUT2D eigenvalue weighted by Crippen LogP contribution is -2.25. The van der Waals surface area contributed by atoms with Crippen LogP contribution in [0.4, 0.5) is 4.39 Å². The molecule has 1 aromatic heterocycles. The van der Waals surface area contributed by atoms with Crippen molar-refractivity contribution in [2.75, 3.05) is 19.8 Å². The first-order valence-electron chi connectivity index (χ1n) is 7.09. The van der Waals surface area contributed by atoms with Gasteiger partial charge in [0, 0.05) is 6.54 Å². The Morgan fingerprint density at radius 3 is 3.05 bits per heavy atom. The number of carbonyl (C=O) groups excluding carboxylic acids is 1. The molecular weight excluding hydrogens is 305 g/mol. The summed E-state index contributed by atoms with van der Waals surface area (Å²) in [5.74, 6) is -0.794. The molecule has 1 aliphatic heterocycles. The summed E-state index contributed by atoms with van der Waals surface area (Å²) in [4.78, 5) is 18.0. The van der Waals surface area contributed by atoms with Crippen LogP contribution in [-0.4, -0.2) is 35.6 Å². The Kier molecular flexibility index (Phi) is 4.35. The molecule has 5 nitrogen and oxygen atoms in total. The molecular formula is C15H16FN3O2S. The number of carbonyl (C=O) groups is 1. The van der Waals surface area contributed by atoms with Crippen molar-refractivity contribution >= 4 is 29.2 Å². The first kappa shape index (κ1) is 14.9. The van der Waals surface area contributed by atoms with Gasteiger partial charge in [0.05, 0.1) is 29.8 Å². The maximum atomic E-state index is 13.6. The topological polar surface area (TPSA) is 69.9 Å². The lowest BCUT2D eigenvalue weighted by molar-refractivity contribution is 0.0954. The van der Waals surface area contributed by atoms with Crippen molar-refractivity contribution < 1.29 is 13.9 Å². The predicted octanol–water partition coefficient (Wildman–Crippen LogP) is 2.83. The summed E-state index contributed by atoms with van der Waals surface area (Å²) in [5.41, 5.74) is 2.54. The minimum absolute atomic E-state index is 0.253. The van der Waals surface area contributed by atoms with Crippen LogP contribution in [0, 0.1) is 10.6 Å². The Morgan fingerprint density at radius 2 is 2.27 bits per heavy atom. The van der Waals surface area contributed by atoms with Crippen molar-refractivity contribution in [1.29, 1.82) is 0 Å². The van der Waals surface area contributed by atoms with E-state index in [1.54, 1.807) is 0 Å². The van der Waals surface area contributed by atoms with Crippen molar-refractivity contribution in [3.63, 3.8) is 0 Å². The molecule has 1 aliphatic rings. The monoisotopic (exact) mass is 321 g/mol. The van der Waals surface area contributed by atoms with Crippen LogP contribution in [0.3, 0.4) is 0 Å². The van der Waals surface area contributed by atoms with Crippen LogP contribution in [0.1, 0.15) is 23.2 Å². The van der Waals surface area contributed by atoms with E-state index in [2.05, 4.69) is 15.3 Å². The second-order valence-corrected chi connectivity index (χ2v) is 5.56. The van der Waals surface area contributed by atoms with E-state index in [0.29, 0.717) is 29.0 Å². The van der Waals surface area contributed by atoms with Gasteiger partial charge in [-0.1, -0.05) is 11.6 Å². The van der Waals surface area contributed by atoms with Gasteiger partial charge < -0.3 is 20.0 Å². The van der Waals surface area contributed by atoms with Crippen molar-refractivity contribution in [2.24, 2.45) is 0 Å². The number of hydrogen-bond acceptors (Lipinski definition) is 3. The summed E-state index contributed by atoms with van der Waals surface area (Å²) in [7, 11) is 0. The number of amides is 1. The fraction of sp³-hybridized carbons (Fsp3) is 0.333. The van der Waals surface area contributed by atoms with E-state index in [4.69, 9.17) is 17.0 Å². The second-order valence-electron chi connectivity index (χ2n) is 5.15. The van der Waals surface area contributed by atoms with Crippen molar-refractivity contribution in [1.82, 2.24) is 15.3 Å². The maximum Gasteiger partial charge on any atom is 0.253 e. The number of fused-ring (bicyclic) bond motifs is 1. The largest absolute Gasteiger partial charge is 0.377 e. The number of hydrogen-bond donors (Lipinski definition) is 3. The number of ether oxygens (including phenoxy) is 1. The fourth-order valence-corrected chi connectivity index (χ4v) is 2.72. The summed E-state index contributed by atoms with van der Waals surface area (Å²) in [6.07, 6.45) is 3.71. The van der Waals surface area contributed by atoms with Crippen LogP contribution in [0.25, 0.3) is 11.0 Å². The number of imidazole rings is 1. The highest BCUT2D eigenvalue weighted by atomic mass is 32.1. The summed E-state index contributed by atoms with van der Waals surface area (Å²) in [6.45, 7) is 1.87. The SMILES string of the molecule is O=C(NCCC1=CCOCC1)c1cc(F)cc2[nH]c(=S)[nH]c12. The molecule has 0 radical (unpaired) electrons. The molecule has 0 unspecified atom stereocenters. The van der Waals surface area contributed by atoms with E-state index in [9.17, 15) is 9.18 Å². The molecule has 2 aromatic rings. The van der Waals surface area contributed by atoms with Crippen LogP contribution in [0.15, 0.2) is 23.8 Å². The zero-order chi connectivity index (χ0) is 15.5. The lowest BCUT2D eigenvalue weighted by atomic mass is 10.1. The molecule has 3 rings (SSSR count). The molecule has 0 fully saturated rings. The standard InChI is InChI=1S/C15H16FN3O2S/c16-10-7-11(13-12(8-10)18-15(22)19-13)14(20)17-4-1-9-2-5-21-6-3-9/h2,7-8H,1,3-6H2,(H,17,20)(H2,18,19,22). The Balaban J connectivity index is 1.72. The van der Waals surface area contributed by atoms with Gasteiger partial charge in [-0.2, -0.15) is 0 Å². The number of nitrogens with one attached hydrogen (secondary N) is 3. The smallest absolute Gasteiger partial charge is 0.253 e. The molecule has 0 bridgehead atoms. The maximum absolute atomic E-state index is 13.6. The lowest BCUT2D eigenvalue weighted by Gasteiger charge is -2.13. The summed E-state index contributed by atoms with van der Waals surface area (Å²) < 4.78 is 19.2. The zero-order valence-electron chi connectivity index (χ0n) is 11.9. The third-order valence-corrected chi connectivity index (χ3v) is 3.83. The Labute approximate surface area is 131 Å². The Morgan fingerprint density at radius 1 is 1.41 bits per heavy atom. The van der Waals surface area contributed by atoms with Crippen LogP contribution >= 0.6 is 12.2 Å². The van der Waals surface area contributed by atoms with E-state index in [0.717, 1.165) is 19.4 Å². The average molecular weight is 321 g/mol. The van der Waals surface area contributed by atoms with Crippen LogP contribution in [0.2, 0.25) is 0 Å². The van der Waals surface area contributed by atoms with Gasteiger partial charge in [-0.3, -0.25) is 4.79 Å². The number of benzene rings is 1. The molecule has 2 heterocycles. The Hall–Kier alpha value is -1.99. The summed E-state index contributed by atoms with van der Waals surface area (Å²) in [6, 6.07) is 2.52. The van der Waals surface area contributed by atoms with E-state index in [-0.39, 0.29) is 11.5 Å². The Bertz CT molecular complexity index is 794. The molecule has 0 atom stereocenters. The second kappa shape index (κ2) is 6.41.